The van der Waals surface area contributed by atoms with Crippen molar-refractivity contribution in [3.05, 3.63) is 64.3 Å². The predicted octanol–water partition coefficient (Wildman–Crippen LogP) is 3.01. The molecule has 1 N–H and O–H groups in total. The first kappa shape index (κ1) is 21.5. The average Bonchev–Trinajstić information content (AvgIpc) is 3.38. The second-order valence-electron chi connectivity index (χ2n) is 7.41. The highest BCUT2D eigenvalue weighted by molar-refractivity contribution is 7.16. The molecule has 0 unspecified atom stereocenters. The molecule has 0 fully saturated rings. The third-order valence-electron chi connectivity index (χ3n) is 5.29. The molecule has 0 saturated heterocycles. The van der Waals surface area contributed by atoms with E-state index >= 15 is 0 Å². The molecule has 0 radical (unpaired) electrons. The first-order valence-electron chi connectivity index (χ1n) is 10.2. The number of nitriles is 1. The van der Waals surface area contributed by atoms with E-state index in [1.165, 1.54) is 11.3 Å². The molecule has 0 aliphatic carbocycles. The molecule has 3 aromatic rings. The van der Waals surface area contributed by atoms with Crippen molar-refractivity contribution in [2.24, 2.45) is 7.05 Å². The normalized spacial score (nSPS) is 12.7. The summed E-state index contributed by atoms with van der Waals surface area (Å²) in [4.78, 5) is 35.6. The summed E-state index contributed by atoms with van der Waals surface area (Å²) in [6, 6.07) is 5.97. The van der Waals surface area contributed by atoms with Crippen LogP contribution in [0.5, 0.6) is 0 Å². The Bertz CT molecular complexity index is 1160. The van der Waals surface area contributed by atoms with Crippen LogP contribution < -0.4 is 5.32 Å². The van der Waals surface area contributed by atoms with E-state index in [0.717, 1.165) is 16.0 Å². The smallest absolute Gasteiger partial charge is 0.410 e. The summed E-state index contributed by atoms with van der Waals surface area (Å²) in [5, 5.41) is 13.1. The number of imidazole rings is 1. The number of anilines is 1. The van der Waals surface area contributed by atoms with E-state index in [4.69, 9.17) is 4.74 Å². The molecule has 1 aliphatic heterocycles. The van der Waals surface area contributed by atoms with Gasteiger partial charge in [-0.15, -0.1) is 11.3 Å². The molecule has 10 heteroatoms. The molecule has 4 rings (SSSR count). The first-order chi connectivity index (χ1) is 15.5. The average molecular weight is 451 g/mol. The quantitative estimate of drug-likeness (QED) is 0.618. The predicted molar refractivity (Wildman–Crippen MR) is 118 cm³/mol. The Hall–Kier alpha value is -3.71. The van der Waals surface area contributed by atoms with Crippen molar-refractivity contribution in [2.45, 2.75) is 32.4 Å². The number of carbonyl (C=O) groups excluding carboxylic acids is 2. The largest absolute Gasteiger partial charge is 0.441 e. The van der Waals surface area contributed by atoms with E-state index in [2.05, 4.69) is 21.4 Å². The van der Waals surface area contributed by atoms with E-state index in [9.17, 15) is 14.9 Å². The van der Waals surface area contributed by atoms with Crippen molar-refractivity contribution in [3.8, 4) is 6.07 Å². The fourth-order valence-corrected chi connectivity index (χ4v) is 4.74. The number of rotatable bonds is 6. The van der Waals surface area contributed by atoms with E-state index in [1.807, 2.05) is 19.2 Å². The van der Waals surface area contributed by atoms with Gasteiger partial charge < -0.3 is 19.5 Å². The highest BCUT2D eigenvalue weighted by Crippen LogP contribution is 2.37. The van der Waals surface area contributed by atoms with E-state index in [-0.39, 0.29) is 12.5 Å². The van der Waals surface area contributed by atoms with Gasteiger partial charge in [0.15, 0.2) is 6.61 Å². The number of nitrogens with zero attached hydrogens (tertiary/aromatic N) is 5. The van der Waals surface area contributed by atoms with E-state index < -0.39 is 6.09 Å². The SMILES string of the molecule is Cn1ccnc1COC(=O)N1CCc2c(sc(NC(=O)CCc3cccnc3)c2C#N)C1. The Labute approximate surface area is 189 Å². The van der Waals surface area contributed by atoms with Crippen molar-refractivity contribution in [2.75, 3.05) is 11.9 Å². The molecule has 32 heavy (non-hydrogen) atoms. The molecule has 164 valence electrons. The third-order valence-corrected chi connectivity index (χ3v) is 6.42. The summed E-state index contributed by atoms with van der Waals surface area (Å²) in [5.74, 6) is 0.505. The minimum absolute atomic E-state index is 0.0951. The van der Waals surface area contributed by atoms with E-state index in [1.54, 1.807) is 34.3 Å². The van der Waals surface area contributed by atoms with Crippen LogP contribution >= 0.6 is 11.3 Å². The third kappa shape index (κ3) is 4.78. The van der Waals surface area contributed by atoms with Gasteiger partial charge in [-0.05, 0) is 30.0 Å². The Morgan fingerprint density at radius 1 is 1.38 bits per heavy atom. The summed E-state index contributed by atoms with van der Waals surface area (Å²) in [7, 11) is 1.84. The molecule has 2 amide bonds. The van der Waals surface area contributed by atoms with Crippen LogP contribution in [-0.4, -0.2) is 38.0 Å². The van der Waals surface area contributed by atoms with Gasteiger partial charge in [-0.2, -0.15) is 5.26 Å². The van der Waals surface area contributed by atoms with Crippen molar-refractivity contribution in [1.29, 1.82) is 5.26 Å². The van der Waals surface area contributed by atoms with E-state index in [0.29, 0.717) is 48.7 Å². The summed E-state index contributed by atoms with van der Waals surface area (Å²) in [5.41, 5.74) is 2.36. The van der Waals surface area contributed by atoms with Crippen molar-refractivity contribution >= 4 is 28.3 Å². The molecule has 1 aliphatic rings. The van der Waals surface area contributed by atoms with Crippen LogP contribution in [0.25, 0.3) is 0 Å². The lowest BCUT2D eigenvalue weighted by Gasteiger charge is -2.26. The Kier molecular flexibility index (Phi) is 6.47. The molecular formula is C22H22N6O3S. The van der Waals surface area contributed by atoms with Crippen LogP contribution in [0.15, 0.2) is 36.9 Å². The fraction of sp³-hybridized carbons (Fsp3) is 0.318. The van der Waals surface area contributed by atoms with Crippen LogP contribution in [0, 0.1) is 11.3 Å². The summed E-state index contributed by atoms with van der Waals surface area (Å²) in [6.45, 7) is 0.893. The van der Waals surface area contributed by atoms with Crippen LogP contribution in [0.3, 0.4) is 0 Å². The van der Waals surface area contributed by atoms with Crippen molar-refractivity contribution in [1.82, 2.24) is 19.4 Å². The van der Waals surface area contributed by atoms with Crippen LogP contribution in [0.1, 0.15) is 33.8 Å². The second kappa shape index (κ2) is 9.62. The minimum atomic E-state index is -0.424. The first-order valence-corrected chi connectivity index (χ1v) is 11.0. The number of fused-ring (bicyclic) bond motifs is 1. The number of carbonyl (C=O) groups is 2. The maximum Gasteiger partial charge on any atom is 0.410 e. The number of aryl methyl sites for hydroxylation is 2. The number of aromatic nitrogens is 3. The summed E-state index contributed by atoms with van der Waals surface area (Å²) < 4.78 is 7.19. The van der Waals surface area contributed by atoms with Gasteiger partial charge >= 0.3 is 6.09 Å². The summed E-state index contributed by atoms with van der Waals surface area (Å²) in [6.07, 6.45) is 7.85. The number of ether oxygens (including phenoxy) is 1. The minimum Gasteiger partial charge on any atom is -0.441 e. The molecule has 0 saturated carbocycles. The maximum atomic E-state index is 12.5. The lowest BCUT2D eigenvalue weighted by atomic mass is 10.0. The van der Waals surface area contributed by atoms with Gasteiger partial charge in [-0.25, -0.2) is 9.78 Å². The monoisotopic (exact) mass is 450 g/mol. The van der Waals surface area contributed by atoms with Gasteiger partial charge in [-0.1, -0.05) is 6.07 Å². The summed E-state index contributed by atoms with van der Waals surface area (Å²) >= 11 is 1.34. The highest BCUT2D eigenvalue weighted by atomic mass is 32.1. The van der Waals surface area contributed by atoms with Gasteiger partial charge in [0.1, 0.15) is 16.9 Å². The Morgan fingerprint density at radius 3 is 2.97 bits per heavy atom. The van der Waals surface area contributed by atoms with Gasteiger partial charge in [0.2, 0.25) is 5.91 Å². The maximum absolute atomic E-state index is 12.5. The fourth-order valence-electron chi connectivity index (χ4n) is 3.51. The van der Waals surface area contributed by atoms with Gasteiger partial charge in [0.25, 0.3) is 0 Å². The highest BCUT2D eigenvalue weighted by Gasteiger charge is 2.28. The molecule has 3 aromatic heterocycles. The van der Waals surface area contributed by atoms with Gasteiger partial charge in [-0.3, -0.25) is 9.78 Å². The molecule has 0 spiro atoms. The molecule has 0 aromatic carbocycles. The molecular weight excluding hydrogens is 428 g/mol. The zero-order valence-corrected chi connectivity index (χ0v) is 18.4. The number of hydrogen-bond acceptors (Lipinski definition) is 7. The van der Waals surface area contributed by atoms with Crippen molar-refractivity contribution in [3.63, 3.8) is 0 Å². The number of amides is 2. The van der Waals surface area contributed by atoms with Gasteiger partial charge in [0, 0.05) is 49.7 Å². The number of thiophene rings is 1. The molecule has 9 nitrogen and oxygen atoms in total. The second-order valence-corrected chi connectivity index (χ2v) is 8.51. The molecule has 4 heterocycles. The van der Waals surface area contributed by atoms with Gasteiger partial charge in [0.05, 0.1) is 12.1 Å². The lowest BCUT2D eigenvalue weighted by Crippen LogP contribution is -2.36. The standard InChI is InChI=1S/C22H22N6O3S/c1-27-10-8-25-19(27)14-31-22(30)28-9-6-16-17(11-23)21(32-18(16)13-28)26-20(29)5-4-15-3-2-7-24-12-15/h2-3,7-8,10,12H,4-6,9,13-14H2,1H3,(H,26,29). The van der Waals surface area contributed by atoms with Crippen LogP contribution in [0.4, 0.5) is 9.80 Å². The van der Waals surface area contributed by atoms with Crippen LogP contribution in [0.2, 0.25) is 0 Å². The molecule has 0 atom stereocenters. The zero-order valence-electron chi connectivity index (χ0n) is 17.6. The number of pyridine rings is 1. The Balaban J connectivity index is 1.37. The topological polar surface area (TPSA) is 113 Å². The van der Waals surface area contributed by atoms with Crippen molar-refractivity contribution < 1.29 is 14.3 Å². The number of nitrogens with one attached hydrogen (secondary N) is 1. The lowest BCUT2D eigenvalue weighted by molar-refractivity contribution is -0.116. The van der Waals surface area contributed by atoms with Crippen LogP contribution in [-0.2, 0) is 42.6 Å². The number of hydrogen-bond donors (Lipinski definition) is 1. The zero-order chi connectivity index (χ0) is 22.5. The Morgan fingerprint density at radius 2 is 2.25 bits per heavy atom. The molecule has 0 bridgehead atoms.